The van der Waals surface area contributed by atoms with E-state index in [2.05, 4.69) is 193 Å². The molecule has 262 valence electrons. The molecule has 2 atom stereocenters. The molecule has 1 aliphatic heterocycles. The van der Waals surface area contributed by atoms with Gasteiger partial charge in [0.2, 0.25) is 0 Å². The molecule has 0 amide bonds. The Bertz CT molecular complexity index is 2870. The normalized spacial score (nSPS) is 18.4. The van der Waals surface area contributed by atoms with Gasteiger partial charge in [-0.15, -0.1) is 0 Å². The van der Waals surface area contributed by atoms with Gasteiger partial charge in [0.25, 0.3) is 0 Å². The summed E-state index contributed by atoms with van der Waals surface area (Å²) in [5.41, 5.74) is 14.5. The Morgan fingerprint density at radius 3 is 1.78 bits per heavy atom. The summed E-state index contributed by atoms with van der Waals surface area (Å²) in [5.74, 6) is 0.313. The lowest BCUT2D eigenvalue weighted by Gasteiger charge is -2.32. The fourth-order valence-corrected chi connectivity index (χ4v) is 9.72. The average molecular weight is 704 g/mol. The van der Waals surface area contributed by atoms with E-state index < -0.39 is 0 Å². The van der Waals surface area contributed by atoms with E-state index in [1.54, 1.807) is 0 Å². The zero-order chi connectivity index (χ0) is 36.3. The number of benzene rings is 7. The van der Waals surface area contributed by atoms with E-state index >= 15 is 0 Å². The van der Waals surface area contributed by atoms with Crippen LogP contribution in [0, 0.1) is 5.92 Å². The second-order valence-electron chi connectivity index (χ2n) is 15.4. The topological polar surface area (TPSA) is 3.24 Å². The largest absolute Gasteiger partial charge is 0.337 e. The molecule has 0 bridgehead atoms. The molecule has 0 radical (unpaired) electrons. The van der Waals surface area contributed by atoms with Crippen molar-refractivity contribution in [1.29, 1.82) is 0 Å². The standard InChI is InChI=1S/C54H41N/c1-3-14-36(15-4-1)42-31-43(37-16-5-2-6-17-37)33-44(32-42)55-53-25-12-11-24-50(53)52-35-41(27-29-54(52)55)39-19-13-18-38(30-39)40-26-28-49-47-22-8-7-20-45(47)46-21-9-10-23-48(46)51(49)34-40/h1-6,9-26,28,30-35,50,53H,7-8,27,29H2/t50-,53?/m0/s1. The summed E-state index contributed by atoms with van der Waals surface area (Å²) in [6, 6.07) is 54.4. The van der Waals surface area contributed by atoms with Crippen molar-refractivity contribution in [2.45, 2.75) is 31.7 Å². The highest BCUT2D eigenvalue weighted by molar-refractivity contribution is 6.09. The number of anilines is 1. The number of rotatable bonds is 5. The maximum atomic E-state index is 2.65. The third-order valence-corrected chi connectivity index (χ3v) is 12.3. The average Bonchev–Trinajstić information content (AvgIpc) is 3.60. The van der Waals surface area contributed by atoms with E-state index in [0.717, 1.165) is 25.7 Å². The van der Waals surface area contributed by atoms with Crippen molar-refractivity contribution in [3.05, 3.63) is 203 Å². The van der Waals surface area contributed by atoms with Crippen molar-refractivity contribution >= 4 is 45.0 Å². The Labute approximate surface area is 322 Å². The van der Waals surface area contributed by atoms with E-state index in [-0.39, 0.29) is 6.04 Å². The first-order chi connectivity index (χ1) is 27.3. The van der Waals surface area contributed by atoms with Crippen LogP contribution in [0.15, 0.2) is 187 Å². The molecule has 0 saturated heterocycles. The van der Waals surface area contributed by atoms with Gasteiger partial charge >= 0.3 is 0 Å². The first kappa shape index (κ1) is 32.0. The molecular formula is C54H41N. The van der Waals surface area contributed by atoms with E-state index in [4.69, 9.17) is 0 Å². The lowest BCUT2D eigenvalue weighted by atomic mass is 9.84. The molecule has 55 heavy (non-hydrogen) atoms. The van der Waals surface area contributed by atoms with Crippen LogP contribution < -0.4 is 15.3 Å². The minimum atomic E-state index is 0.250. The molecule has 4 aliphatic rings. The molecule has 11 rings (SSSR count). The number of allylic oxidation sites excluding steroid dienone is 5. The van der Waals surface area contributed by atoms with E-state index in [1.165, 1.54) is 93.5 Å². The van der Waals surface area contributed by atoms with Gasteiger partial charge < -0.3 is 4.90 Å². The van der Waals surface area contributed by atoms with Gasteiger partial charge in [0.15, 0.2) is 0 Å². The lowest BCUT2D eigenvalue weighted by Crippen LogP contribution is -2.32. The second kappa shape index (κ2) is 13.1. The fourth-order valence-electron chi connectivity index (χ4n) is 9.72. The summed E-state index contributed by atoms with van der Waals surface area (Å²) >= 11 is 0. The molecular weight excluding hydrogens is 663 g/mol. The fraction of sp³-hybridized carbons (Fsp3) is 0.111. The van der Waals surface area contributed by atoms with Gasteiger partial charge in [-0.25, -0.2) is 0 Å². The van der Waals surface area contributed by atoms with Crippen LogP contribution in [0.4, 0.5) is 5.69 Å². The van der Waals surface area contributed by atoms with E-state index in [0.29, 0.717) is 5.92 Å². The molecule has 1 heterocycles. The minimum absolute atomic E-state index is 0.250. The summed E-state index contributed by atoms with van der Waals surface area (Å²) in [6.45, 7) is 0. The Balaban J connectivity index is 1.00. The molecule has 1 nitrogen and oxygen atoms in total. The van der Waals surface area contributed by atoms with Gasteiger partial charge in [0, 0.05) is 17.3 Å². The number of hydrogen-bond donors (Lipinski definition) is 0. The molecule has 1 unspecified atom stereocenters. The van der Waals surface area contributed by atoms with Crippen LogP contribution in [-0.4, -0.2) is 6.04 Å². The third kappa shape index (κ3) is 5.45. The van der Waals surface area contributed by atoms with Gasteiger partial charge in [-0.1, -0.05) is 158 Å². The van der Waals surface area contributed by atoms with Crippen LogP contribution in [0.5, 0.6) is 0 Å². The van der Waals surface area contributed by atoms with Crippen LogP contribution in [0.2, 0.25) is 0 Å². The zero-order valence-corrected chi connectivity index (χ0v) is 30.8. The molecule has 0 fully saturated rings. The maximum Gasteiger partial charge on any atom is 0.0626 e. The summed E-state index contributed by atoms with van der Waals surface area (Å²) in [5, 5.41) is 8.21. The Morgan fingerprint density at radius 1 is 0.436 bits per heavy atom. The van der Waals surface area contributed by atoms with E-state index in [9.17, 15) is 0 Å². The highest BCUT2D eigenvalue weighted by Gasteiger charge is 2.40. The van der Waals surface area contributed by atoms with Crippen LogP contribution in [0.1, 0.15) is 31.2 Å². The predicted octanol–water partition coefficient (Wildman–Crippen LogP) is 12.4. The molecule has 7 aromatic carbocycles. The van der Waals surface area contributed by atoms with Crippen molar-refractivity contribution in [3.63, 3.8) is 0 Å². The van der Waals surface area contributed by atoms with Crippen molar-refractivity contribution < 1.29 is 0 Å². The highest BCUT2D eigenvalue weighted by Crippen LogP contribution is 2.48. The lowest BCUT2D eigenvalue weighted by molar-refractivity contribution is 0.681. The van der Waals surface area contributed by atoms with Crippen LogP contribution in [0.3, 0.4) is 0 Å². The van der Waals surface area contributed by atoms with Gasteiger partial charge in [0.05, 0.1) is 6.04 Å². The second-order valence-corrected chi connectivity index (χ2v) is 15.4. The van der Waals surface area contributed by atoms with Crippen molar-refractivity contribution in [3.8, 4) is 33.4 Å². The monoisotopic (exact) mass is 703 g/mol. The first-order valence-electron chi connectivity index (χ1n) is 19.9. The predicted molar refractivity (Wildman–Crippen MR) is 234 cm³/mol. The van der Waals surface area contributed by atoms with Gasteiger partial charge in [-0.05, 0) is 138 Å². The smallest absolute Gasteiger partial charge is 0.0626 e. The molecule has 1 heteroatoms. The highest BCUT2D eigenvalue weighted by atomic mass is 15.2. The summed E-state index contributed by atoms with van der Waals surface area (Å²) < 4.78 is 0. The summed E-state index contributed by atoms with van der Waals surface area (Å²) in [7, 11) is 0. The van der Waals surface area contributed by atoms with Crippen LogP contribution in [-0.2, 0) is 0 Å². The third-order valence-electron chi connectivity index (χ3n) is 12.3. The zero-order valence-electron chi connectivity index (χ0n) is 30.8. The van der Waals surface area contributed by atoms with E-state index in [1.807, 2.05) is 0 Å². The van der Waals surface area contributed by atoms with Crippen LogP contribution in [0.25, 0.3) is 72.7 Å². The Kier molecular flexibility index (Phi) is 7.66. The van der Waals surface area contributed by atoms with Gasteiger partial charge in [0.1, 0.15) is 0 Å². The maximum absolute atomic E-state index is 2.65. The number of hydrogen-bond acceptors (Lipinski definition) is 1. The Hall–Kier alpha value is -6.44. The van der Waals surface area contributed by atoms with Gasteiger partial charge in [-0.2, -0.15) is 0 Å². The molecule has 0 spiro atoms. The van der Waals surface area contributed by atoms with Crippen molar-refractivity contribution in [2.75, 3.05) is 4.90 Å². The summed E-state index contributed by atoms with van der Waals surface area (Å²) in [4.78, 5) is 2.65. The van der Waals surface area contributed by atoms with Gasteiger partial charge in [-0.3, -0.25) is 0 Å². The summed E-state index contributed by atoms with van der Waals surface area (Å²) in [6.07, 6.45) is 21.0. The molecule has 0 aromatic heterocycles. The number of nitrogens with zero attached hydrogens (tertiary/aromatic N) is 1. The number of fused-ring (bicyclic) bond motifs is 8. The first-order valence-corrected chi connectivity index (χ1v) is 19.9. The minimum Gasteiger partial charge on any atom is -0.337 e. The molecule has 0 saturated carbocycles. The molecule has 7 aromatic rings. The van der Waals surface area contributed by atoms with Crippen molar-refractivity contribution in [2.24, 2.45) is 5.92 Å². The van der Waals surface area contributed by atoms with Crippen molar-refractivity contribution in [1.82, 2.24) is 0 Å². The molecule has 0 N–H and O–H groups in total. The SMILES string of the molecule is C1=CC2[C@@H](C=C1)C1=C(CCC(c3cccc(-c4ccc5c6c(c7ccccc7c5c4)=CCCC=6)c3)=C1)N2c1cc(-c2ccccc2)cc(-c2ccccc2)c1. The Morgan fingerprint density at radius 2 is 1.04 bits per heavy atom. The molecule has 3 aliphatic carbocycles. The van der Waals surface area contributed by atoms with Crippen LogP contribution >= 0.6 is 0 Å². The quantitative estimate of drug-likeness (QED) is 0.161.